The van der Waals surface area contributed by atoms with Gasteiger partial charge in [-0.1, -0.05) is 24.3 Å². The van der Waals surface area contributed by atoms with E-state index in [1.54, 1.807) is 54.2 Å². The van der Waals surface area contributed by atoms with Gasteiger partial charge < -0.3 is 9.88 Å². The summed E-state index contributed by atoms with van der Waals surface area (Å²) in [4.78, 5) is 17.0. The maximum atomic E-state index is 14.6. The van der Waals surface area contributed by atoms with Crippen LogP contribution in [0.4, 0.5) is 4.39 Å². The minimum absolute atomic E-state index is 0.106. The molecular formula is C22H23FN4O3S. The summed E-state index contributed by atoms with van der Waals surface area (Å²) < 4.78 is 43.3. The maximum Gasteiger partial charge on any atom is 0.243 e. The van der Waals surface area contributed by atoms with Crippen LogP contribution >= 0.6 is 0 Å². The Morgan fingerprint density at radius 2 is 2.00 bits per heavy atom. The van der Waals surface area contributed by atoms with Gasteiger partial charge in [0.2, 0.25) is 15.9 Å². The first-order valence-electron chi connectivity index (χ1n) is 10.0. The fourth-order valence-corrected chi connectivity index (χ4v) is 5.49. The van der Waals surface area contributed by atoms with E-state index in [0.717, 1.165) is 0 Å². The van der Waals surface area contributed by atoms with Crippen molar-refractivity contribution in [2.24, 2.45) is 0 Å². The molecule has 0 aliphatic carbocycles. The highest BCUT2D eigenvalue weighted by molar-refractivity contribution is 7.89. The van der Waals surface area contributed by atoms with Gasteiger partial charge in [0.1, 0.15) is 17.7 Å². The number of benzene rings is 2. The lowest BCUT2D eigenvalue weighted by atomic mass is 10.1. The van der Waals surface area contributed by atoms with Crippen molar-refractivity contribution >= 4 is 15.9 Å². The number of rotatable bonds is 6. The zero-order valence-electron chi connectivity index (χ0n) is 17.0. The topological polar surface area (TPSA) is 84.3 Å². The Morgan fingerprint density at radius 3 is 2.68 bits per heavy atom. The zero-order valence-corrected chi connectivity index (χ0v) is 17.8. The Labute approximate surface area is 180 Å². The molecule has 0 radical (unpaired) electrons. The molecule has 0 bridgehead atoms. The predicted molar refractivity (Wildman–Crippen MR) is 113 cm³/mol. The van der Waals surface area contributed by atoms with E-state index in [4.69, 9.17) is 0 Å². The van der Waals surface area contributed by atoms with Crippen LogP contribution in [0.1, 0.15) is 24.2 Å². The lowest BCUT2D eigenvalue weighted by Crippen LogP contribution is -2.45. The van der Waals surface area contributed by atoms with E-state index in [-0.39, 0.29) is 17.3 Å². The first-order valence-corrected chi connectivity index (χ1v) is 11.5. The van der Waals surface area contributed by atoms with Crippen LogP contribution in [0.15, 0.2) is 65.8 Å². The van der Waals surface area contributed by atoms with Gasteiger partial charge in [-0.05, 0) is 49.6 Å². The number of aromatic nitrogens is 2. The smallest absolute Gasteiger partial charge is 0.243 e. The second-order valence-electron chi connectivity index (χ2n) is 7.43. The van der Waals surface area contributed by atoms with Crippen molar-refractivity contribution in [1.82, 2.24) is 19.2 Å². The third-order valence-electron chi connectivity index (χ3n) is 5.42. The maximum absolute atomic E-state index is 14.6. The van der Waals surface area contributed by atoms with Gasteiger partial charge in [0.05, 0.1) is 10.6 Å². The van der Waals surface area contributed by atoms with E-state index in [0.29, 0.717) is 36.5 Å². The molecular weight excluding hydrogens is 419 g/mol. The summed E-state index contributed by atoms with van der Waals surface area (Å²) in [6.45, 7) is 2.18. The van der Waals surface area contributed by atoms with E-state index in [9.17, 15) is 17.6 Å². The third kappa shape index (κ3) is 4.24. The molecule has 2 aromatic carbocycles. The van der Waals surface area contributed by atoms with Crippen LogP contribution in [0.5, 0.6) is 0 Å². The molecule has 1 saturated heterocycles. The molecule has 4 rings (SSSR count). The highest BCUT2D eigenvalue weighted by atomic mass is 32.2. The summed E-state index contributed by atoms with van der Waals surface area (Å²) in [5.41, 5.74) is 0.962. The number of carbonyl (C=O) groups is 1. The third-order valence-corrected chi connectivity index (χ3v) is 7.34. The number of hydrogen-bond acceptors (Lipinski definition) is 4. The van der Waals surface area contributed by atoms with Crippen LogP contribution in [0.3, 0.4) is 0 Å². The molecule has 9 heteroatoms. The summed E-state index contributed by atoms with van der Waals surface area (Å²) >= 11 is 0. The number of imidazole rings is 1. The van der Waals surface area contributed by atoms with Crippen LogP contribution in [-0.2, 0) is 21.4 Å². The van der Waals surface area contributed by atoms with Gasteiger partial charge in [-0.25, -0.2) is 17.8 Å². The molecule has 3 aromatic rings. The Balaban J connectivity index is 1.45. The van der Waals surface area contributed by atoms with Gasteiger partial charge in [-0.15, -0.1) is 0 Å². The summed E-state index contributed by atoms with van der Waals surface area (Å²) in [5, 5.41) is 2.76. The van der Waals surface area contributed by atoms with E-state index >= 15 is 0 Å². The number of halogens is 1. The Hall–Kier alpha value is -3.04. The molecule has 0 spiro atoms. The highest BCUT2D eigenvalue weighted by Gasteiger charge is 2.39. The van der Waals surface area contributed by atoms with E-state index < -0.39 is 21.9 Å². The fourth-order valence-electron chi connectivity index (χ4n) is 3.81. The van der Waals surface area contributed by atoms with E-state index in [1.165, 1.54) is 22.5 Å². The molecule has 1 aliphatic rings. The molecule has 162 valence electrons. The van der Waals surface area contributed by atoms with Gasteiger partial charge in [-0.2, -0.15) is 4.31 Å². The molecule has 1 amide bonds. The molecule has 31 heavy (non-hydrogen) atoms. The van der Waals surface area contributed by atoms with Crippen molar-refractivity contribution < 1.29 is 17.6 Å². The number of aryl methyl sites for hydroxylation is 1. The molecule has 1 fully saturated rings. The second kappa shape index (κ2) is 8.60. The summed E-state index contributed by atoms with van der Waals surface area (Å²) in [7, 11) is -3.75. The Morgan fingerprint density at radius 1 is 1.23 bits per heavy atom. The first kappa shape index (κ1) is 21.2. The number of nitrogens with one attached hydrogen (secondary N) is 1. The van der Waals surface area contributed by atoms with Gasteiger partial charge >= 0.3 is 0 Å². The Bertz CT molecular complexity index is 1190. The average Bonchev–Trinajstić information content (AvgIpc) is 3.42. The van der Waals surface area contributed by atoms with Crippen LogP contribution < -0.4 is 5.32 Å². The molecule has 1 unspecified atom stereocenters. The summed E-state index contributed by atoms with van der Waals surface area (Å²) in [6, 6.07) is 12.0. The van der Waals surface area contributed by atoms with Crippen molar-refractivity contribution in [3.8, 4) is 5.69 Å². The molecule has 1 aromatic heterocycles. The van der Waals surface area contributed by atoms with Crippen LogP contribution in [0.2, 0.25) is 0 Å². The van der Waals surface area contributed by atoms with Crippen molar-refractivity contribution in [3.05, 3.63) is 78.1 Å². The minimum Gasteiger partial charge on any atom is -0.351 e. The van der Waals surface area contributed by atoms with Gasteiger partial charge in [-0.3, -0.25) is 4.79 Å². The molecule has 1 atom stereocenters. The van der Waals surface area contributed by atoms with E-state index in [1.807, 2.05) is 0 Å². The molecule has 2 heterocycles. The van der Waals surface area contributed by atoms with E-state index in [2.05, 4.69) is 10.3 Å². The molecule has 1 N–H and O–H groups in total. The molecule has 0 saturated carbocycles. The van der Waals surface area contributed by atoms with Crippen molar-refractivity contribution in [1.29, 1.82) is 0 Å². The number of hydrogen-bond donors (Lipinski definition) is 1. The number of nitrogens with zero attached hydrogens (tertiary/aromatic N) is 3. The zero-order chi connectivity index (χ0) is 22.0. The Kier molecular flexibility index (Phi) is 5.88. The number of amides is 1. The van der Waals surface area contributed by atoms with Gasteiger partial charge in [0, 0.05) is 25.5 Å². The van der Waals surface area contributed by atoms with Gasteiger partial charge in [0.15, 0.2) is 0 Å². The number of carbonyl (C=O) groups excluding carboxylic acids is 1. The second-order valence-corrected chi connectivity index (χ2v) is 9.33. The summed E-state index contributed by atoms with van der Waals surface area (Å²) in [6.07, 6.45) is 4.33. The quantitative estimate of drug-likeness (QED) is 0.636. The highest BCUT2D eigenvalue weighted by Crippen LogP contribution is 2.26. The van der Waals surface area contributed by atoms with Crippen LogP contribution in [-0.4, -0.2) is 40.8 Å². The van der Waals surface area contributed by atoms with Crippen molar-refractivity contribution in [2.75, 3.05) is 6.54 Å². The number of sulfonamides is 1. The lowest BCUT2D eigenvalue weighted by molar-refractivity contribution is -0.124. The molecule has 7 nitrogen and oxygen atoms in total. The van der Waals surface area contributed by atoms with Crippen molar-refractivity contribution in [3.63, 3.8) is 0 Å². The SMILES string of the molecule is Cc1nccn1-c1ccc(CNC(=O)C2CCCN2S(=O)(=O)c2ccccc2)cc1F. The largest absolute Gasteiger partial charge is 0.351 e. The van der Waals surface area contributed by atoms with Crippen LogP contribution in [0.25, 0.3) is 5.69 Å². The standard InChI is InChI=1S/C22H23FN4O3S/c1-16-24-11-13-26(16)20-10-9-17(14-19(20)23)15-25-22(28)21-8-5-12-27(21)31(29,30)18-6-3-2-4-7-18/h2-4,6-7,9-11,13-14,21H,5,8,12,15H2,1H3,(H,25,28). The fraction of sp³-hybridized carbons (Fsp3) is 0.273. The summed E-state index contributed by atoms with van der Waals surface area (Å²) in [5.74, 6) is -0.144. The van der Waals surface area contributed by atoms with Crippen molar-refractivity contribution in [2.45, 2.75) is 37.2 Å². The van der Waals surface area contributed by atoms with Crippen LogP contribution in [0, 0.1) is 12.7 Å². The molecule has 1 aliphatic heterocycles. The monoisotopic (exact) mass is 442 g/mol. The minimum atomic E-state index is -3.75. The first-order chi connectivity index (χ1) is 14.9. The van der Waals surface area contributed by atoms with Gasteiger partial charge in [0.25, 0.3) is 0 Å². The normalized spacial score (nSPS) is 17.0. The lowest BCUT2D eigenvalue weighted by Gasteiger charge is -2.23. The predicted octanol–water partition coefficient (Wildman–Crippen LogP) is 2.79. The average molecular weight is 443 g/mol.